The lowest BCUT2D eigenvalue weighted by Gasteiger charge is -2.09. The second kappa shape index (κ2) is 10.6. The number of nitriles is 1. The van der Waals surface area contributed by atoms with Gasteiger partial charge in [-0.3, -0.25) is 4.79 Å². The number of methoxy groups -OCH3 is 1. The summed E-state index contributed by atoms with van der Waals surface area (Å²) < 4.78 is 21.0. The number of esters is 1. The third kappa shape index (κ3) is 6.21. The van der Waals surface area contributed by atoms with Crippen LogP contribution in [0.25, 0.3) is 17.0 Å². The fourth-order valence-electron chi connectivity index (χ4n) is 3.01. The number of benzene rings is 2. The molecule has 9 nitrogen and oxygen atoms in total. The van der Waals surface area contributed by atoms with Gasteiger partial charge in [0.15, 0.2) is 18.1 Å². The zero-order valence-electron chi connectivity index (χ0n) is 17.9. The van der Waals surface area contributed by atoms with E-state index in [4.69, 9.17) is 23.9 Å². The number of rotatable bonds is 8. The molecule has 0 atom stereocenters. The second-order valence-corrected chi connectivity index (χ2v) is 6.78. The summed E-state index contributed by atoms with van der Waals surface area (Å²) in [6.45, 7) is 1.12. The van der Waals surface area contributed by atoms with Gasteiger partial charge in [-0.2, -0.15) is 5.26 Å². The Morgan fingerprint density at radius 1 is 1.15 bits per heavy atom. The summed E-state index contributed by atoms with van der Waals surface area (Å²) in [5, 5.41) is 11.8. The lowest BCUT2D eigenvalue weighted by molar-refractivity contribution is -0.138. The molecule has 3 aromatic rings. The minimum absolute atomic E-state index is 0.112. The average Bonchev–Trinajstić information content (AvgIpc) is 2.79. The van der Waals surface area contributed by atoms with E-state index in [-0.39, 0.29) is 24.7 Å². The number of hydrogen-bond donors (Lipinski definition) is 1. The van der Waals surface area contributed by atoms with Crippen LogP contribution >= 0.6 is 0 Å². The molecule has 0 aliphatic carbocycles. The Labute approximate surface area is 188 Å². The van der Waals surface area contributed by atoms with Crippen molar-refractivity contribution in [3.05, 3.63) is 70.1 Å². The number of anilines is 1. The fourth-order valence-corrected chi connectivity index (χ4v) is 3.01. The highest BCUT2D eigenvalue weighted by Gasteiger charge is 2.10. The average molecular weight is 448 g/mol. The van der Waals surface area contributed by atoms with Crippen LogP contribution in [0.3, 0.4) is 0 Å². The van der Waals surface area contributed by atoms with Gasteiger partial charge in [0.1, 0.15) is 18.3 Å². The predicted octanol–water partition coefficient (Wildman–Crippen LogP) is 3.42. The van der Waals surface area contributed by atoms with Gasteiger partial charge in [-0.1, -0.05) is 6.07 Å². The number of nitrogens with one attached hydrogen (secondary N) is 1. The smallest absolute Gasteiger partial charge is 0.336 e. The monoisotopic (exact) mass is 448 g/mol. The van der Waals surface area contributed by atoms with Gasteiger partial charge in [-0.25, -0.2) is 9.59 Å². The van der Waals surface area contributed by atoms with Crippen molar-refractivity contribution >= 4 is 34.6 Å². The van der Waals surface area contributed by atoms with Gasteiger partial charge in [0.25, 0.3) is 0 Å². The summed E-state index contributed by atoms with van der Waals surface area (Å²) in [6.07, 6.45) is 2.78. The van der Waals surface area contributed by atoms with Crippen molar-refractivity contribution in [1.29, 1.82) is 5.26 Å². The van der Waals surface area contributed by atoms with Gasteiger partial charge in [0, 0.05) is 41.8 Å². The number of nitrogens with zero attached hydrogens (tertiary/aromatic N) is 1. The second-order valence-electron chi connectivity index (χ2n) is 6.78. The van der Waals surface area contributed by atoms with Crippen LogP contribution in [0.5, 0.6) is 11.5 Å². The fraction of sp³-hybridized carbons (Fsp3) is 0.167. The summed E-state index contributed by atoms with van der Waals surface area (Å²) in [5.41, 5.74) is 1.27. The first-order valence-electron chi connectivity index (χ1n) is 9.76. The van der Waals surface area contributed by atoms with E-state index in [1.54, 1.807) is 30.3 Å². The van der Waals surface area contributed by atoms with Gasteiger partial charge in [-0.05, 0) is 35.9 Å². The van der Waals surface area contributed by atoms with Gasteiger partial charge >= 0.3 is 11.6 Å². The van der Waals surface area contributed by atoms with Crippen molar-refractivity contribution in [2.24, 2.45) is 0 Å². The van der Waals surface area contributed by atoms with Crippen LogP contribution in [0.15, 0.2) is 57.8 Å². The molecule has 1 amide bonds. The molecule has 33 heavy (non-hydrogen) atoms. The molecule has 0 unspecified atom stereocenters. The third-order valence-electron chi connectivity index (χ3n) is 4.41. The predicted molar refractivity (Wildman–Crippen MR) is 120 cm³/mol. The molecule has 1 N–H and O–H groups in total. The number of hydrogen-bond acceptors (Lipinski definition) is 8. The SMILES string of the molecule is COc1cc(/C=C/C(=O)OCc2cc(=O)oc3cc(NC(C)=O)ccc23)ccc1OCC#N. The molecular weight excluding hydrogens is 428 g/mol. The van der Waals surface area contributed by atoms with E-state index >= 15 is 0 Å². The molecule has 3 rings (SSSR count). The number of amides is 1. The molecule has 2 aromatic carbocycles. The van der Waals surface area contributed by atoms with E-state index in [1.807, 2.05) is 6.07 Å². The summed E-state index contributed by atoms with van der Waals surface area (Å²) in [5.74, 6) is -0.0392. The molecule has 168 valence electrons. The maximum atomic E-state index is 12.2. The summed E-state index contributed by atoms with van der Waals surface area (Å²) in [7, 11) is 1.47. The van der Waals surface area contributed by atoms with Crippen LogP contribution in [0, 0.1) is 11.3 Å². The maximum absolute atomic E-state index is 12.2. The van der Waals surface area contributed by atoms with E-state index in [1.165, 1.54) is 38.3 Å². The van der Waals surface area contributed by atoms with Crippen molar-refractivity contribution in [2.75, 3.05) is 19.0 Å². The molecule has 0 radical (unpaired) electrons. The summed E-state index contributed by atoms with van der Waals surface area (Å²) >= 11 is 0. The minimum atomic E-state index is -0.616. The first-order chi connectivity index (χ1) is 15.9. The quantitative estimate of drug-likeness (QED) is 0.315. The Morgan fingerprint density at radius 3 is 2.70 bits per heavy atom. The van der Waals surface area contributed by atoms with E-state index in [2.05, 4.69) is 5.32 Å². The third-order valence-corrected chi connectivity index (χ3v) is 4.41. The largest absolute Gasteiger partial charge is 0.493 e. The molecule has 0 bridgehead atoms. The first-order valence-corrected chi connectivity index (χ1v) is 9.76. The van der Waals surface area contributed by atoms with Crippen molar-refractivity contribution in [3.63, 3.8) is 0 Å². The van der Waals surface area contributed by atoms with Crippen molar-refractivity contribution < 1.29 is 28.2 Å². The maximum Gasteiger partial charge on any atom is 0.336 e. The normalized spacial score (nSPS) is 10.6. The summed E-state index contributed by atoms with van der Waals surface area (Å²) in [4.78, 5) is 35.3. The van der Waals surface area contributed by atoms with E-state index in [0.29, 0.717) is 33.7 Å². The van der Waals surface area contributed by atoms with Gasteiger partial charge in [-0.15, -0.1) is 0 Å². The highest BCUT2D eigenvalue weighted by Crippen LogP contribution is 2.28. The van der Waals surface area contributed by atoms with Crippen molar-refractivity contribution in [3.8, 4) is 17.6 Å². The standard InChI is InChI=1S/C24H20N2O7/c1-15(27)26-18-5-6-19-17(12-24(29)33-21(19)13-18)14-32-23(28)8-4-16-3-7-20(31-10-9-25)22(11-16)30-2/h3-8,11-13H,10,14H2,1-2H3,(H,26,27)/b8-4+. The van der Waals surface area contributed by atoms with E-state index in [0.717, 1.165) is 0 Å². The Kier molecular flexibility index (Phi) is 7.44. The van der Waals surface area contributed by atoms with Crippen LogP contribution in [0.2, 0.25) is 0 Å². The van der Waals surface area contributed by atoms with Crippen LogP contribution in [-0.4, -0.2) is 25.6 Å². The number of carbonyl (C=O) groups excluding carboxylic acids is 2. The zero-order chi connectivity index (χ0) is 23.8. The lowest BCUT2D eigenvalue weighted by Crippen LogP contribution is -2.07. The molecule has 0 aliphatic rings. The van der Waals surface area contributed by atoms with E-state index in [9.17, 15) is 14.4 Å². The number of ether oxygens (including phenoxy) is 3. The Morgan fingerprint density at radius 2 is 1.97 bits per heavy atom. The van der Waals surface area contributed by atoms with Crippen LogP contribution < -0.4 is 20.4 Å². The van der Waals surface area contributed by atoms with Crippen LogP contribution in [0.1, 0.15) is 18.1 Å². The van der Waals surface area contributed by atoms with Gasteiger partial charge in [0.2, 0.25) is 5.91 Å². The topological polar surface area (TPSA) is 128 Å². The van der Waals surface area contributed by atoms with Gasteiger partial charge < -0.3 is 23.9 Å². The molecule has 0 spiro atoms. The molecular formula is C24H20N2O7. The molecule has 0 saturated heterocycles. The van der Waals surface area contributed by atoms with E-state index < -0.39 is 11.6 Å². The number of fused-ring (bicyclic) bond motifs is 1. The molecule has 1 aromatic heterocycles. The highest BCUT2D eigenvalue weighted by atomic mass is 16.5. The Balaban J connectivity index is 1.70. The molecule has 0 aliphatic heterocycles. The van der Waals surface area contributed by atoms with Crippen molar-refractivity contribution in [2.45, 2.75) is 13.5 Å². The first kappa shape index (κ1) is 23.1. The van der Waals surface area contributed by atoms with Crippen LogP contribution in [-0.2, 0) is 20.9 Å². The molecule has 9 heteroatoms. The van der Waals surface area contributed by atoms with Gasteiger partial charge in [0.05, 0.1) is 7.11 Å². The molecule has 0 fully saturated rings. The van der Waals surface area contributed by atoms with Crippen molar-refractivity contribution in [1.82, 2.24) is 0 Å². The summed E-state index contributed by atoms with van der Waals surface area (Å²) in [6, 6.07) is 13.0. The lowest BCUT2D eigenvalue weighted by atomic mass is 10.1. The highest BCUT2D eigenvalue weighted by molar-refractivity contribution is 5.92. The number of carbonyl (C=O) groups is 2. The Bertz CT molecular complexity index is 1320. The molecule has 1 heterocycles. The van der Waals surface area contributed by atoms with Crippen LogP contribution in [0.4, 0.5) is 5.69 Å². The zero-order valence-corrected chi connectivity index (χ0v) is 17.9. The minimum Gasteiger partial charge on any atom is -0.493 e. The Hall–Kier alpha value is -4.58. The molecule has 0 saturated carbocycles.